The van der Waals surface area contributed by atoms with Gasteiger partial charge in [-0.2, -0.15) is 0 Å². The molecule has 1 aliphatic heterocycles. The summed E-state index contributed by atoms with van der Waals surface area (Å²) in [5, 5.41) is 26.3. The molecule has 5 N–H and O–H groups in total. The monoisotopic (exact) mass is 443 g/mol. The van der Waals surface area contributed by atoms with E-state index in [0.717, 1.165) is 16.4 Å². The molecule has 1 fully saturated rings. The van der Waals surface area contributed by atoms with Crippen LogP contribution < -0.4 is 11.1 Å². The number of nitrogens with one attached hydrogen (secondary N) is 1. The van der Waals surface area contributed by atoms with Crippen molar-refractivity contribution in [3.8, 4) is 0 Å². The zero-order valence-electron chi connectivity index (χ0n) is 16.5. The number of nitrogens with zero attached hydrogens (tertiary/aromatic N) is 3. The lowest BCUT2D eigenvalue weighted by Crippen LogP contribution is -2.76. The zero-order chi connectivity index (χ0) is 22.9. The predicted molar refractivity (Wildman–Crippen MR) is 102 cm³/mol. The van der Waals surface area contributed by atoms with Gasteiger partial charge < -0.3 is 26.1 Å². The van der Waals surface area contributed by atoms with Crippen molar-refractivity contribution in [2.75, 3.05) is 12.3 Å². The van der Waals surface area contributed by atoms with Crippen LogP contribution in [0.1, 0.15) is 33.4 Å². The summed E-state index contributed by atoms with van der Waals surface area (Å²) in [5.41, 5.74) is 2.44. The molecule has 0 spiro atoms. The van der Waals surface area contributed by atoms with E-state index in [9.17, 15) is 19.2 Å². The SMILES string of the molecule is CC(C)(O/N=C(\C(=O)N[C@@H]1C(=O)N(OCC(=O)O)C1(C)C)c1csc(N)n1)C(=O)O. The molecule has 2 rings (SSSR count). The van der Waals surface area contributed by atoms with Gasteiger partial charge in [0.15, 0.2) is 17.5 Å². The van der Waals surface area contributed by atoms with Crippen LogP contribution in [0.4, 0.5) is 5.13 Å². The summed E-state index contributed by atoms with van der Waals surface area (Å²) >= 11 is 1.02. The van der Waals surface area contributed by atoms with Crippen molar-refractivity contribution in [2.45, 2.75) is 44.9 Å². The van der Waals surface area contributed by atoms with E-state index >= 15 is 0 Å². The summed E-state index contributed by atoms with van der Waals surface area (Å²) in [6.45, 7) is 4.87. The van der Waals surface area contributed by atoms with Gasteiger partial charge in [0.1, 0.15) is 11.7 Å². The molecular formula is C16H21N5O8S. The van der Waals surface area contributed by atoms with Crippen LogP contribution in [0.5, 0.6) is 0 Å². The Morgan fingerprint density at radius 2 is 2.03 bits per heavy atom. The third kappa shape index (κ3) is 4.65. The number of hydrogen-bond acceptors (Lipinski definition) is 10. The minimum atomic E-state index is -1.74. The van der Waals surface area contributed by atoms with Gasteiger partial charge in [-0.3, -0.25) is 14.4 Å². The standard InChI is InChI=1S/C16H21N5O8S/c1-15(2)10(12(25)21(15)28-5-8(22)23)19-11(24)9(7-6-30-14(17)18-7)20-29-16(3,4)13(26)27/h6,10H,5H2,1-4H3,(H2,17,18)(H,19,24)(H,22,23)(H,26,27)/b20-9-/t10-/m1/s1. The number of oxime groups is 1. The molecule has 164 valence electrons. The van der Waals surface area contributed by atoms with Crippen LogP contribution in [-0.4, -0.2) is 73.5 Å². The van der Waals surface area contributed by atoms with Gasteiger partial charge in [0.25, 0.3) is 11.8 Å². The number of thiazole rings is 1. The second kappa shape index (κ2) is 8.23. The van der Waals surface area contributed by atoms with Crippen LogP contribution in [0.2, 0.25) is 0 Å². The number of hydroxylamine groups is 2. The summed E-state index contributed by atoms with van der Waals surface area (Å²) in [6.07, 6.45) is 0. The van der Waals surface area contributed by atoms with Crippen molar-refractivity contribution < 1.29 is 39.1 Å². The van der Waals surface area contributed by atoms with E-state index in [1.807, 2.05) is 0 Å². The quantitative estimate of drug-likeness (QED) is 0.218. The Morgan fingerprint density at radius 3 is 2.50 bits per heavy atom. The summed E-state index contributed by atoms with van der Waals surface area (Å²) in [7, 11) is 0. The third-order valence-electron chi connectivity index (χ3n) is 4.13. The van der Waals surface area contributed by atoms with E-state index in [1.54, 1.807) is 13.8 Å². The number of nitrogens with two attached hydrogens (primary N) is 1. The largest absolute Gasteiger partial charge is 0.479 e. The van der Waals surface area contributed by atoms with Crippen molar-refractivity contribution in [3.63, 3.8) is 0 Å². The molecule has 14 heteroatoms. The highest BCUT2D eigenvalue weighted by molar-refractivity contribution is 7.13. The highest BCUT2D eigenvalue weighted by Gasteiger charge is 2.56. The number of nitrogen functional groups attached to an aromatic ring is 1. The molecule has 0 radical (unpaired) electrons. The van der Waals surface area contributed by atoms with Crippen LogP contribution in [-0.2, 0) is 28.9 Å². The van der Waals surface area contributed by atoms with Gasteiger partial charge in [0.2, 0.25) is 5.60 Å². The number of carbonyl (C=O) groups excluding carboxylic acids is 2. The molecule has 0 unspecified atom stereocenters. The van der Waals surface area contributed by atoms with Crippen LogP contribution in [0.3, 0.4) is 0 Å². The van der Waals surface area contributed by atoms with Gasteiger partial charge in [-0.05, 0) is 27.7 Å². The number of carbonyl (C=O) groups is 4. The molecule has 1 saturated heterocycles. The first-order chi connectivity index (χ1) is 13.8. The lowest BCUT2D eigenvalue weighted by atomic mass is 9.84. The second-order valence-electron chi connectivity index (χ2n) is 7.28. The molecule has 0 aliphatic carbocycles. The fourth-order valence-corrected chi connectivity index (χ4v) is 2.89. The van der Waals surface area contributed by atoms with E-state index in [1.165, 1.54) is 19.2 Å². The Kier molecular flexibility index (Phi) is 6.32. The highest BCUT2D eigenvalue weighted by Crippen LogP contribution is 2.32. The smallest absolute Gasteiger partial charge is 0.350 e. The van der Waals surface area contributed by atoms with Gasteiger partial charge in [0, 0.05) is 5.38 Å². The average Bonchev–Trinajstić information content (AvgIpc) is 3.05. The molecule has 1 aromatic rings. The molecule has 2 heterocycles. The van der Waals surface area contributed by atoms with Crippen molar-refractivity contribution in [1.82, 2.24) is 15.4 Å². The van der Waals surface area contributed by atoms with Gasteiger partial charge in [-0.25, -0.2) is 19.6 Å². The number of rotatable bonds is 9. The summed E-state index contributed by atoms with van der Waals surface area (Å²) in [5.74, 6) is -4.12. The molecule has 0 aromatic carbocycles. The first-order valence-electron chi connectivity index (χ1n) is 8.48. The van der Waals surface area contributed by atoms with E-state index < -0.39 is 47.5 Å². The van der Waals surface area contributed by atoms with Gasteiger partial charge in [0.05, 0.1) is 5.54 Å². The Morgan fingerprint density at radius 1 is 1.40 bits per heavy atom. The van der Waals surface area contributed by atoms with Crippen molar-refractivity contribution in [1.29, 1.82) is 0 Å². The second-order valence-corrected chi connectivity index (χ2v) is 8.17. The number of carboxylic acids is 2. The predicted octanol–water partition coefficient (Wildman–Crippen LogP) is -0.569. The van der Waals surface area contributed by atoms with Crippen LogP contribution >= 0.6 is 11.3 Å². The third-order valence-corrected chi connectivity index (χ3v) is 4.80. The zero-order valence-corrected chi connectivity index (χ0v) is 17.3. The average molecular weight is 443 g/mol. The van der Waals surface area contributed by atoms with E-state index in [2.05, 4.69) is 15.5 Å². The summed E-state index contributed by atoms with van der Waals surface area (Å²) in [6, 6.07) is -1.06. The topological polar surface area (TPSA) is 194 Å². The first-order valence-corrected chi connectivity index (χ1v) is 9.36. The summed E-state index contributed by atoms with van der Waals surface area (Å²) in [4.78, 5) is 60.8. The molecule has 0 saturated carbocycles. The molecule has 30 heavy (non-hydrogen) atoms. The lowest BCUT2D eigenvalue weighted by molar-refractivity contribution is -0.257. The first kappa shape index (κ1) is 23.0. The van der Waals surface area contributed by atoms with Gasteiger partial charge >= 0.3 is 11.9 Å². The normalized spacial score (nSPS) is 18.5. The Hall–Kier alpha value is -3.26. The number of β-lactam (4-membered cyclic amide) rings is 1. The minimum absolute atomic E-state index is 0.0275. The number of amides is 2. The maximum atomic E-state index is 12.8. The number of aliphatic carboxylic acids is 2. The van der Waals surface area contributed by atoms with Crippen LogP contribution in [0, 0.1) is 0 Å². The number of hydrogen-bond donors (Lipinski definition) is 4. The Bertz CT molecular complexity index is 909. The molecule has 2 amide bonds. The van der Waals surface area contributed by atoms with E-state index in [-0.39, 0.29) is 16.5 Å². The van der Waals surface area contributed by atoms with Gasteiger partial charge in [-0.15, -0.1) is 11.3 Å². The number of aromatic nitrogens is 1. The van der Waals surface area contributed by atoms with E-state index in [4.69, 9.17) is 25.6 Å². The van der Waals surface area contributed by atoms with Crippen LogP contribution in [0.25, 0.3) is 0 Å². The molecule has 13 nitrogen and oxygen atoms in total. The van der Waals surface area contributed by atoms with Crippen molar-refractivity contribution in [3.05, 3.63) is 11.1 Å². The number of anilines is 1. The fraction of sp³-hybridized carbons (Fsp3) is 0.500. The van der Waals surface area contributed by atoms with Gasteiger partial charge in [-0.1, -0.05) is 5.16 Å². The Labute approximate surface area is 174 Å². The molecule has 1 aliphatic rings. The highest BCUT2D eigenvalue weighted by atomic mass is 32.1. The van der Waals surface area contributed by atoms with Crippen molar-refractivity contribution >= 4 is 45.9 Å². The maximum absolute atomic E-state index is 12.8. The molecule has 1 aromatic heterocycles. The maximum Gasteiger partial charge on any atom is 0.350 e. The molecular weight excluding hydrogens is 422 g/mol. The summed E-state index contributed by atoms with van der Waals surface area (Å²) < 4.78 is 0. The van der Waals surface area contributed by atoms with E-state index in [0.29, 0.717) is 0 Å². The lowest BCUT2D eigenvalue weighted by Gasteiger charge is -2.51. The Balaban J connectivity index is 2.22. The fourth-order valence-electron chi connectivity index (χ4n) is 2.34. The minimum Gasteiger partial charge on any atom is -0.479 e. The molecule has 1 atom stereocenters. The van der Waals surface area contributed by atoms with Crippen LogP contribution in [0.15, 0.2) is 10.5 Å². The van der Waals surface area contributed by atoms with Crippen molar-refractivity contribution in [2.24, 2.45) is 5.16 Å². The molecule has 0 bridgehead atoms. The number of carboxylic acid groups (broad SMARTS) is 2.